The lowest BCUT2D eigenvalue weighted by atomic mass is 9.84. The smallest absolute Gasteiger partial charge is 0.289 e. The van der Waals surface area contributed by atoms with Crippen molar-refractivity contribution in [1.29, 1.82) is 0 Å². The molecule has 12 nitrogen and oxygen atoms in total. The maximum Gasteiger partial charge on any atom is 0.289 e. The number of fused-ring (bicyclic) bond motifs is 1. The highest BCUT2D eigenvalue weighted by Crippen LogP contribution is 2.32. The molecule has 1 aromatic heterocycles. The van der Waals surface area contributed by atoms with Crippen LogP contribution < -0.4 is 20.9 Å². The number of carbonyl (C=O) groups excluding carboxylic acids is 5. The molecule has 0 spiro atoms. The van der Waals surface area contributed by atoms with Crippen LogP contribution in [0.15, 0.2) is 42.6 Å². The number of nitrogens with zero attached hydrogens (tertiary/aromatic N) is 4. The van der Waals surface area contributed by atoms with Gasteiger partial charge in [-0.1, -0.05) is 58.9 Å². The van der Waals surface area contributed by atoms with Crippen LogP contribution in [-0.2, 0) is 32.3 Å². The van der Waals surface area contributed by atoms with Crippen LogP contribution in [0, 0.1) is 11.3 Å². The molecule has 4 rings (SSSR count). The van der Waals surface area contributed by atoms with Gasteiger partial charge in [0.05, 0.1) is 6.04 Å². The third-order valence-corrected chi connectivity index (χ3v) is 8.54. The van der Waals surface area contributed by atoms with Gasteiger partial charge in [-0.15, -0.1) is 0 Å². The number of rotatable bonds is 11. The second kappa shape index (κ2) is 14.4. The minimum atomic E-state index is -1.10. The van der Waals surface area contributed by atoms with Gasteiger partial charge >= 0.3 is 0 Å². The topological polar surface area (TPSA) is 144 Å². The molecule has 1 aromatic carbocycles. The van der Waals surface area contributed by atoms with Crippen LogP contribution in [0.5, 0.6) is 0 Å². The minimum absolute atomic E-state index is 0.110. The Labute approximate surface area is 271 Å². The van der Waals surface area contributed by atoms with E-state index >= 15 is 0 Å². The van der Waals surface area contributed by atoms with Gasteiger partial charge in [0.15, 0.2) is 0 Å². The van der Waals surface area contributed by atoms with Crippen LogP contribution in [0.4, 0.5) is 5.82 Å². The molecule has 2 aromatic rings. The number of piperazine rings is 1. The van der Waals surface area contributed by atoms with E-state index in [1.165, 1.54) is 11.8 Å². The first-order valence-electron chi connectivity index (χ1n) is 15.9. The van der Waals surface area contributed by atoms with E-state index < -0.39 is 53.0 Å². The number of nitrogens with one attached hydrogen (secondary N) is 3. The first-order chi connectivity index (χ1) is 21.7. The van der Waals surface area contributed by atoms with Crippen molar-refractivity contribution in [3.05, 3.63) is 59.3 Å². The van der Waals surface area contributed by atoms with Crippen LogP contribution in [0.3, 0.4) is 0 Å². The van der Waals surface area contributed by atoms with E-state index in [0.717, 1.165) is 43.1 Å². The van der Waals surface area contributed by atoms with Crippen LogP contribution in [-0.4, -0.2) is 95.5 Å². The number of ketones is 1. The number of Topliss-reactive ketones (excluding diaryl/α,β-unsaturated/α-hetero) is 1. The predicted octanol–water partition coefficient (Wildman–Crippen LogP) is 1.73. The first-order valence-corrected chi connectivity index (χ1v) is 15.9. The van der Waals surface area contributed by atoms with E-state index in [1.807, 2.05) is 45.0 Å². The zero-order valence-corrected chi connectivity index (χ0v) is 27.9. The number of aromatic nitrogens is 1. The monoisotopic (exact) mass is 633 g/mol. The zero-order valence-electron chi connectivity index (χ0n) is 27.9. The van der Waals surface area contributed by atoms with E-state index in [-0.39, 0.29) is 12.5 Å². The molecular formula is C34H47N7O5. The Kier molecular flexibility index (Phi) is 10.8. The summed E-state index contributed by atoms with van der Waals surface area (Å²) in [6.45, 7) is 14.7. The van der Waals surface area contributed by atoms with Crippen LogP contribution in [0.1, 0.15) is 63.0 Å². The van der Waals surface area contributed by atoms with Crippen LogP contribution in [0.2, 0.25) is 0 Å². The number of likely N-dealkylation sites (N-methyl/N-ethyl adjacent to an activating group) is 1. The summed E-state index contributed by atoms with van der Waals surface area (Å²) in [7, 11) is 2.09. The van der Waals surface area contributed by atoms with Crippen molar-refractivity contribution in [1.82, 2.24) is 30.7 Å². The number of amides is 4. The Morgan fingerprint density at radius 1 is 0.913 bits per heavy atom. The molecule has 3 atom stereocenters. The molecule has 248 valence electrons. The molecule has 2 aliphatic heterocycles. The Morgan fingerprint density at radius 3 is 2.17 bits per heavy atom. The molecule has 1 saturated heterocycles. The molecule has 12 heteroatoms. The largest absolute Gasteiger partial charge is 0.354 e. The lowest BCUT2D eigenvalue weighted by Crippen LogP contribution is -2.59. The Hall–Kier alpha value is -4.32. The normalized spacial score (nSPS) is 17.3. The lowest BCUT2D eigenvalue weighted by molar-refractivity contribution is -0.141. The van der Waals surface area contributed by atoms with E-state index in [2.05, 4.69) is 37.8 Å². The number of benzene rings is 1. The molecule has 46 heavy (non-hydrogen) atoms. The van der Waals surface area contributed by atoms with Crippen molar-refractivity contribution >= 4 is 35.2 Å². The van der Waals surface area contributed by atoms with Gasteiger partial charge in [-0.25, -0.2) is 4.98 Å². The number of pyridine rings is 1. The third-order valence-electron chi connectivity index (χ3n) is 8.54. The molecule has 0 saturated carbocycles. The maximum atomic E-state index is 13.6. The first kappa shape index (κ1) is 34.6. The van der Waals surface area contributed by atoms with Crippen molar-refractivity contribution in [2.24, 2.45) is 11.3 Å². The van der Waals surface area contributed by atoms with Gasteiger partial charge in [0.25, 0.3) is 11.8 Å². The van der Waals surface area contributed by atoms with Crippen molar-refractivity contribution in [3.63, 3.8) is 0 Å². The summed E-state index contributed by atoms with van der Waals surface area (Å²) in [6.07, 6.45) is 1.68. The van der Waals surface area contributed by atoms with Gasteiger partial charge < -0.3 is 30.7 Å². The van der Waals surface area contributed by atoms with Crippen molar-refractivity contribution in [2.75, 3.05) is 38.1 Å². The summed E-state index contributed by atoms with van der Waals surface area (Å²) in [5.41, 5.74) is 1.52. The summed E-state index contributed by atoms with van der Waals surface area (Å²) < 4.78 is 0. The summed E-state index contributed by atoms with van der Waals surface area (Å²) >= 11 is 0. The highest BCUT2D eigenvalue weighted by Gasteiger charge is 2.43. The van der Waals surface area contributed by atoms with Gasteiger partial charge in [0.1, 0.15) is 17.9 Å². The van der Waals surface area contributed by atoms with Gasteiger partial charge in [0.2, 0.25) is 17.6 Å². The molecular weight excluding hydrogens is 586 g/mol. The predicted molar refractivity (Wildman–Crippen MR) is 175 cm³/mol. The highest BCUT2D eigenvalue weighted by atomic mass is 16.2. The van der Waals surface area contributed by atoms with Crippen molar-refractivity contribution in [3.8, 4) is 0 Å². The SMILES string of the molecule is CC(NC(=O)C(N1Cc2ccccc2C1=O)C(C)(C)C)C(=O)NC(C(=O)C(=O)NCc1ccc(N2CCN(C)CC2)nc1)C(C)C. The quantitative estimate of drug-likeness (QED) is 0.318. The highest BCUT2D eigenvalue weighted by molar-refractivity contribution is 6.38. The molecule has 3 heterocycles. The van der Waals surface area contributed by atoms with Crippen molar-refractivity contribution in [2.45, 2.75) is 72.8 Å². The molecule has 0 bridgehead atoms. The molecule has 2 aliphatic rings. The molecule has 0 aliphatic carbocycles. The van der Waals surface area contributed by atoms with E-state index in [9.17, 15) is 24.0 Å². The number of carbonyl (C=O) groups is 5. The number of anilines is 1. The molecule has 1 fully saturated rings. The van der Waals surface area contributed by atoms with Gasteiger partial charge in [0, 0.05) is 51.0 Å². The standard InChI is InChI=1S/C34H47N7O5/c1-21(2)27(28(42)31(44)36-19-23-12-13-26(35-18-23)40-16-14-39(7)15-17-40)38-30(43)22(3)37-32(45)29(34(4,5)6)41-20-24-10-8-9-11-25(24)33(41)46/h8-13,18,21-22,27,29H,14-17,19-20H2,1-7H3,(H,36,44)(H,37,45)(H,38,43). The van der Waals surface area contributed by atoms with Crippen LogP contribution >= 0.6 is 0 Å². The van der Waals surface area contributed by atoms with Crippen molar-refractivity contribution < 1.29 is 24.0 Å². The fourth-order valence-corrected chi connectivity index (χ4v) is 5.81. The van der Waals surface area contributed by atoms with E-state index in [1.54, 1.807) is 32.2 Å². The number of hydrogen-bond donors (Lipinski definition) is 3. The molecule has 3 N–H and O–H groups in total. The Morgan fingerprint density at radius 2 is 1.59 bits per heavy atom. The Bertz CT molecular complexity index is 1440. The summed E-state index contributed by atoms with van der Waals surface area (Å²) in [5.74, 6) is -2.45. The van der Waals surface area contributed by atoms with E-state index in [4.69, 9.17) is 0 Å². The van der Waals surface area contributed by atoms with E-state index in [0.29, 0.717) is 12.1 Å². The van der Waals surface area contributed by atoms with Crippen LogP contribution in [0.25, 0.3) is 0 Å². The van der Waals surface area contributed by atoms with Gasteiger partial charge in [-0.3, -0.25) is 24.0 Å². The number of hydrogen-bond acceptors (Lipinski definition) is 8. The van der Waals surface area contributed by atoms with Gasteiger partial charge in [-0.05, 0) is 48.6 Å². The Balaban J connectivity index is 1.33. The summed E-state index contributed by atoms with van der Waals surface area (Å²) in [4.78, 5) is 76.5. The third kappa shape index (κ3) is 8.09. The summed E-state index contributed by atoms with van der Waals surface area (Å²) in [6, 6.07) is 8.05. The molecule has 3 unspecified atom stereocenters. The average molecular weight is 634 g/mol. The second-order valence-electron chi connectivity index (χ2n) is 13.7. The maximum absolute atomic E-state index is 13.6. The average Bonchev–Trinajstić information content (AvgIpc) is 3.33. The summed E-state index contributed by atoms with van der Waals surface area (Å²) in [5, 5.41) is 8.02. The minimum Gasteiger partial charge on any atom is -0.354 e. The molecule has 4 amide bonds. The molecule has 0 radical (unpaired) electrons. The fraction of sp³-hybridized carbons (Fsp3) is 0.529. The fourth-order valence-electron chi connectivity index (χ4n) is 5.81. The lowest BCUT2D eigenvalue weighted by Gasteiger charge is -2.37. The zero-order chi connectivity index (χ0) is 33.8. The van der Waals surface area contributed by atoms with Gasteiger partial charge in [-0.2, -0.15) is 0 Å². The second-order valence-corrected chi connectivity index (χ2v) is 13.7.